The minimum atomic E-state index is -1.19. The number of hydrogen-bond donors (Lipinski definition) is 0. The molecule has 2 unspecified atom stereocenters. The lowest BCUT2D eigenvalue weighted by Crippen LogP contribution is -2.57. The lowest BCUT2D eigenvalue weighted by atomic mass is 9.46. The summed E-state index contributed by atoms with van der Waals surface area (Å²) in [6.07, 6.45) is 0. The molecule has 3 aliphatic carbocycles. The Morgan fingerprint density at radius 2 is 1.39 bits per heavy atom. The fourth-order valence-corrected chi connectivity index (χ4v) is 6.46. The molecule has 0 radical (unpaired) electrons. The average molecular weight is 428 g/mol. The van der Waals surface area contributed by atoms with Gasteiger partial charge >= 0.3 is 0 Å². The molecule has 1 fully saturated rings. The van der Waals surface area contributed by atoms with Gasteiger partial charge < -0.3 is 0 Å². The Hall–Kier alpha value is -3.24. The third-order valence-electron chi connectivity index (χ3n) is 7.27. The van der Waals surface area contributed by atoms with Gasteiger partial charge in [-0.3, -0.25) is 14.4 Å². The Balaban J connectivity index is 1.69. The third kappa shape index (κ3) is 2.04. The summed E-state index contributed by atoms with van der Waals surface area (Å²) in [6.45, 7) is 1.53. The lowest BCUT2D eigenvalue weighted by molar-refractivity contribution is -0.132. The van der Waals surface area contributed by atoms with E-state index in [1.165, 1.54) is 11.8 Å². The molecule has 4 aliphatic rings. The Bertz CT molecular complexity index is 1270. The first kappa shape index (κ1) is 18.5. The molecule has 2 atom stereocenters. The van der Waals surface area contributed by atoms with Crippen LogP contribution in [0.3, 0.4) is 0 Å². The van der Waals surface area contributed by atoms with E-state index in [0.717, 1.165) is 22.3 Å². The van der Waals surface area contributed by atoms with Crippen LogP contribution in [-0.2, 0) is 19.8 Å². The van der Waals surface area contributed by atoms with E-state index in [0.29, 0.717) is 10.7 Å². The van der Waals surface area contributed by atoms with Crippen molar-refractivity contribution in [3.63, 3.8) is 0 Å². The molecule has 0 spiro atoms. The lowest BCUT2D eigenvalue weighted by Gasteiger charge is -2.52. The Labute approximate surface area is 184 Å². The minimum Gasteiger partial charge on any atom is -0.299 e. The van der Waals surface area contributed by atoms with Gasteiger partial charge in [-0.1, -0.05) is 72.3 Å². The van der Waals surface area contributed by atoms with Crippen LogP contribution < -0.4 is 4.90 Å². The smallest absolute Gasteiger partial charge is 0.239 e. The monoisotopic (exact) mass is 427 g/mol. The summed E-state index contributed by atoms with van der Waals surface area (Å²) in [5, 5.41) is 0.335. The van der Waals surface area contributed by atoms with Crippen molar-refractivity contribution in [3.05, 3.63) is 100 Å². The summed E-state index contributed by atoms with van der Waals surface area (Å²) in [5.74, 6) is -2.47. The molecule has 2 bridgehead atoms. The first-order valence-electron chi connectivity index (χ1n) is 10.3. The van der Waals surface area contributed by atoms with E-state index in [-0.39, 0.29) is 23.5 Å². The number of carbonyl (C=O) groups is 3. The summed E-state index contributed by atoms with van der Waals surface area (Å²) in [6, 6.07) is 22.4. The molecule has 7 rings (SSSR count). The van der Waals surface area contributed by atoms with E-state index in [4.69, 9.17) is 11.6 Å². The Kier molecular flexibility index (Phi) is 3.67. The number of carbonyl (C=O) groups excluding carboxylic acids is 3. The zero-order chi connectivity index (χ0) is 21.5. The number of hydrogen-bond acceptors (Lipinski definition) is 3. The third-order valence-corrected chi connectivity index (χ3v) is 7.59. The fraction of sp³-hybridized carbons (Fsp3) is 0.192. The highest BCUT2D eigenvalue weighted by Crippen LogP contribution is 2.64. The quantitative estimate of drug-likeness (QED) is 0.566. The minimum absolute atomic E-state index is 0.122. The summed E-state index contributed by atoms with van der Waals surface area (Å²) >= 11 is 6.38. The summed E-state index contributed by atoms with van der Waals surface area (Å²) in [4.78, 5) is 42.4. The maximum Gasteiger partial charge on any atom is 0.239 e. The highest BCUT2D eigenvalue weighted by molar-refractivity contribution is 6.36. The molecular formula is C26H18ClNO3. The van der Waals surface area contributed by atoms with Crippen LogP contribution in [-0.4, -0.2) is 17.6 Å². The van der Waals surface area contributed by atoms with E-state index < -0.39 is 17.3 Å². The number of nitrogens with zero attached hydrogens (tertiary/aromatic N) is 1. The average Bonchev–Trinajstić information content (AvgIpc) is 3.05. The van der Waals surface area contributed by atoms with E-state index in [9.17, 15) is 14.4 Å². The number of Topliss-reactive ketones (excluding diaryl/α,β-unsaturated/α-hetero) is 1. The molecule has 0 N–H and O–H groups in total. The molecule has 1 saturated heterocycles. The van der Waals surface area contributed by atoms with Crippen molar-refractivity contribution >= 4 is 34.9 Å². The Morgan fingerprint density at radius 3 is 1.97 bits per heavy atom. The molecule has 4 nitrogen and oxygen atoms in total. The van der Waals surface area contributed by atoms with Crippen molar-refractivity contribution in [3.8, 4) is 0 Å². The molecule has 3 aromatic rings. The molecule has 3 aromatic carbocycles. The number of anilines is 1. The number of para-hydroxylation sites is 1. The van der Waals surface area contributed by atoms with Crippen molar-refractivity contribution in [2.45, 2.75) is 18.3 Å². The van der Waals surface area contributed by atoms with Gasteiger partial charge in [0.25, 0.3) is 0 Å². The second-order valence-electron chi connectivity index (χ2n) is 8.48. The first-order chi connectivity index (χ1) is 15.0. The maximum absolute atomic E-state index is 13.9. The van der Waals surface area contributed by atoms with Gasteiger partial charge in [-0.25, -0.2) is 4.90 Å². The predicted molar refractivity (Wildman–Crippen MR) is 117 cm³/mol. The molecule has 2 amide bonds. The number of halogens is 1. The van der Waals surface area contributed by atoms with E-state index in [2.05, 4.69) is 0 Å². The summed E-state index contributed by atoms with van der Waals surface area (Å²) in [5.41, 5.74) is 2.79. The maximum atomic E-state index is 13.9. The normalized spacial score (nSPS) is 27.7. The number of benzene rings is 3. The topological polar surface area (TPSA) is 54.5 Å². The second kappa shape index (κ2) is 6.14. The second-order valence-corrected chi connectivity index (χ2v) is 8.89. The Morgan fingerprint density at radius 1 is 0.839 bits per heavy atom. The molecule has 0 aromatic heterocycles. The van der Waals surface area contributed by atoms with Crippen LogP contribution in [0.25, 0.3) is 0 Å². The highest BCUT2D eigenvalue weighted by atomic mass is 35.5. The highest BCUT2D eigenvalue weighted by Gasteiger charge is 2.70. The van der Waals surface area contributed by atoms with Crippen molar-refractivity contribution in [1.29, 1.82) is 0 Å². The number of ketones is 1. The van der Waals surface area contributed by atoms with Crippen LogP contribution in [0.2, 0.25) is 5.02 Å². The van der Waals surface area contributed by atoms with Gasteiger partial charge in [0.2, 0.25) is 11.8 Å². The number of imide groups is 1. The molecule has 1 aliphatic heterocycles. The molecule has 152 valence electrons. The molecule has 0 saturated carbocycles. The van der Waals surface area contributed by atoms with Crippen LogP contribution >= 0.6 is 11.6 Å². The predicted octanol–water partition coefficient (Wildman–Crippen LogP) is 4.48. The van der Waals surface area contributed by atoms with Crippen molar-refractivity contribution in [2.24, 2.45) is 11.8 Å². The first-order valence-corrected chi connectivity index (χ1v) is 10.7. The zero-order valence-corrected chi connectivity index (χ0v) is 17.5. The van der Waals surface area contributed by atoms with Gasteiger partial charge in [-0.05, 0) is 41.3 Å². The molecule has 31 heavy (non-hydrogen) atoms. The molecular weight excluding hydrogens is 410 g/mol. The van der Waals surface area contributed by atoms with Gasteiger partial charge in [0, 0.05) is 5.92 Å². The van der Waals surface area contributed by atoms with Crippen LogP contribution in [0.5, 0.6) is 0 Å². The standard InChI is InChI=1S/C26H18ClNO3/c1-14(29)26-17-10-4-2-8-15(17)21(16-9-3-5-11-18(16)26)22-23(26)25(31)28(24(22)30)20-13-7-6-12-19(20)27/h2-13,21-23H,1H3. The van der Waals surface area contributed by atoms with Crippen LogP contribution in [0.15, 0.2) is 72.8 Å². The van der Waals surface area contributed by atoms with Crippen LogP contribution in [0.1, 0.15) is 35.1 Å². The van der Waals surface area contributed by atoms with Crippen LogP contribution in [0.4, 0.5) is 5.69 Å². The van der Waals surface area contributed by atoms with Gasteiger partial charge in [0.05, 0.1) is 28.0 Å². The van der Waals surface area contributed by atoms with Crippen molar-refractivity contribution < 1.29 is 14.4 Å². The zero-order valence-electron chi connectivity index (χ0n) is 16.7. The van der Waals surface area contributed by atoms with Gasteiger partial charge in [0.1, 0.15) is 5.78 Å². The van der Waals surface area contributed by atoms with Crippen molar-refractivity contribution in [1.82, 2.24) is 0 Å². The van der Waals surface area contributed by atoms with Crippen LogP contribution in [0, 0.1) is 11.8 Å². The largest absolute Gasteiger partial charge is 0.299 e. The summed E-state index contributed by atoms with van der Waals surface area (Å²) in [7, 11) is 0. The van der Waals surface area contributed by atoms with Gasteiger partial charge in [0.15, 0.2) is 0 Å². The number of amides is 2. The molecule has 1 heterocycles. The van der Waals surface area contributed by atoms with Gasteiger partial charge in [-0.2, -0.15) is 0 Å². The van der Waals surface area contributed by atoms with Crippen molar-refractivity contribution in [2.75, 3.05) is 4.90 Å². The van der Waals surface area contributed by atoms with E-state index >= 15 is 0 Å². The fourth-order valence-electron chi connectivity index (χ4n) is 6.24. The van der Waals surface area contributed by atoms with Gasteiger partial charge in [-0.15, -0.1) is 0 Å². The van der Waals surface area contributed by atoms with E-state index in [1.807, 2.05) is 48.5 Å². The number of rotatable bonds is 2. The summed E-state index contributed by atoms with van der Waals surface area (Å²) < 4.78 is 0. The molecule has 5 heteroatoms. The SMILES string of the molecule is CC(=O)C12c3ccccc3C(c3ccccc31)C1C(=O)N(c3ccccc3Cl)C(=O)C12. The van der Waals surface area contributed by atoms with E-state index in [1.54, 1.807) is 24.3 Å².